The lowest BCUT2D eigenvalue weighted by molar-refractivity contribution is -0.881. The second-order valence-corrected chi connectivity index (χ2v) is 4.57. The zero-order chi connectivity index (χ0) is 13.5. The van der Waals surface area contributed by atoms with Crippen molar-refractivity contribution in [2.45, 2.75) is 13.8 Å². The summed E-state index contributed by atoms with van der Waals surface area (Å²) in [5.74, 6) is -0.197. The van der Waals surface area contributed by atoms with Crippen LogP contribution in [0.15, 0.2) is 5.10 Å². The van der Waals surface area contributed by atoms with E-state index in [1.54, 1.807) is 0 Å². The van der Waals surface area contributed by atoms with Crippen molar-refractivity contribution >= 4 is 17.6 Å². The second kappa shape index (κ2) is 6.85. The number of nitrogens with one attached hydrogen (secondary N) is 1. The zero-order valence-corrected chi connectivity index (χ0v) is 11.0. The minimum Gasteiger partial charge on any atom is -0.460 e. The van der Waals surface area contributed by atoms with E-state index in [0.29, 0.717) is 24.2 Å². The van der Waals surface area contributed by atoms with Gasteiger partial charge in [0.15, 0.2) is 0 Å². The van der Waals surface area contributed by atoms with Crippen LogP contribution in [0.4, 0.5) is 0 Å². The smallest absolute Gasteiger partial charge is 0.362 e. The lowest BCUT2D eigenvalue weighted by atomic mass is 10.3. The predicted octanol–water partition coefficient (Wildman–Crippen LogP) is -2.64. The number of hydrogen-bond acceptors (Lipinski definition) is 3. The Morgan fingerprint density at radius 1 is 1.35 bits per heavy atom. The van der Waals surface area contributed by atoms with Gasteiger partial charge in [-0.15, -0.1) is 5.10 Å². The number of carbonyl (C=O) groups excluding carboxylic acids is 1. The molecule has 0 aromatic carbocycles. The molecule has 0 fully saturated rings. The van der Waals surface area contributed by atoms with E-state index >= 15 is 0 Å². The number of hydrogen-bond donors (Lipinski definition) is 3. The van der Waals surface area contributed by atoms with Gasteiger partial charge in [-0.1, -0.05) is 0 Å². The Hall–Kier alpha value is -1.63. The van der Waals surface area contributed by atoms with Gasteiger partial charge in [-0.05, 0) is 6.92 Å². The largest absolute Gasteiger partial charge is 0.460 e. The van der Waals surface area contributed by atoms with Crippen LogP contribution in [-0.4, -0.2) is 55.9 Å². The van der Waals surface area contributed by atoms with Crippen molar-refractivity contribution in [2.75, 3.05) is 33.8 Å². The molecule has 5 N–H and O–H groups in total. The Kier molecular flexibility index (Phi) is 6.19. The molecule has 0 radical (unpaired) electrons. The van der Waals surface area contributed by atoms with Crippen LogP contribution in [0, 0.1) is 0 Å². The van der Waals surface area contributed by atoms with Gasteiger partial charge >= 0.3 is 11.9 Å². The van der Waals surface area contributed by atoms with Gasteiger partial charge in [0.25, 0.3) is 0 Å². The maximum Gasteiger partial charge on any atom is 0.362 e. The molecule has 7 heteroatoms. The summed E-state index contributed by atoms with van der Waals surface area (Å²) in [5.41, 5.74) is 11.3. The maximum absolute atomic E-state index is 10.6. The van der Waals surface area contributed by atoms with Gasteiger partial charge in [0.2, 0.25) is 0 Å². The Labute approximate surface area is 102 Å². The molecule has 0 aromatic rings. The molecule has 0 atom stereocenters. The van der Waals surface area contributed by atoms with E-state index in [-0.39, 0.29) is 11.9 Å². The highest BCUT2D eigenvalue weighted by Gasteiger charge is 2.17. The molecule has 0 saturated carbocycles. The van der Waals surface area contributed by atoms with Crippen LogP contribution < -0.4 is 16.6 Å². The molecule has 0 spiro atoms. The van der Waals surface area contributed by atoms with Crippen molar-refractivity contribution in [2.24, 2.45) is 16.6 Å². The first kappa shape index (κ1) is 15.4. The van der Waals surface area contributed by atoms with E-state index in [1.165, 1.54) is 6.92 Å². The first-order valence-corrected chi connectivity index (χ1v) is 5.35. The van der Waals surface area contributed by atoms with Gasteiger partial charge in [-0.2, -0.15) is 5.10 Å². The second-order valence-electron chi connectivity index (χ2n) is 4.57. The normalized spacial score (nSPS) is 12.1. The third kappa shape index (κ3) is 9.31. The molecule has 0 aromatic heterocycles. The number of nitrogens with zero attached hydrogens (tertiary/aromatic N) is 2. The number of esters is 1. The predicted molar refractivity (Wildman–Crippen MR) is 65.9 cm³/mol. The highest BCUT2D eigenvalue weighted by atomic mass is 16.5. The monoisotopic (exact) mass is 245 g/mol. The summed E-state index contributed by atoms with van der Waals surface area (Å²) >= 11 is 0. The third-order valence-electron chi connectivity index (χ3n) is 2.03. The van der Waals surface area contributed by atoms with Crippen LogP contribution in [0.1, 0.15) is 13.8 Å². The van der Waals surface area contributed by atoms with E-state index in [0.717, 1.165) is 5.71 Å². The zero-order valence-electron chi connectivity index (χ0n) is 11.0. The number of carbonyl (C=O) groups is 1. The molecular formula is C10H23N5O2+2. The van der Waals surface area contributed by atoms with Crippen LogP contribution >= 0.6 is 0 Å². The number of likely N-dealkylation sites (N-methyl/N-ethyl adjacent to an activating group) is 1. The minimum absolute atomic E-state index is 0.0644. The first-order valence-electron chi connectivity index (χ1n) is 5.35. The fourth-order valence-electron chi connectivity index (χ4n) is 1.33. The molecule has 0 aliphatic carbocycles. The van der Waals surface area contributed by atoms with Crippen LogP contribution in [0.5, 0.6) is 0 Å². The van der Waals surface area contributed by atoms with Crippen molar-refractivity contribution in [3.8, 4) is 0 Å². The maximum atomic E-state index is 10.6. The third-order valence-corrected chi connectivity index (χ3v) is 2.03. The van der Waals surface area contributed by atoms with Gasteiger partial charge in [0.1, 0.15) is 25.4 Å². The van der Waals surface area contributed by atoms with Crippen LogP contribution in [0.2, 0.25) is 0 Å². The number of ether oxygens (including phenoxy) is 1. The first-order chi connectivity index (χ1) is 7.73. The lowest BCUT2D eigenvalue weighted by Gasteiger charge is -2.28. The fraction of sp³-hybridized carbons (Fsp3) is 0.700. The summed E-state index contributed by atoms with van der Waals surface area (Å²) in [6.45, 7) is 5.10. The number of hydrazone groups is 1. The summed E-state index contributed by atoms with van der Waals surface area (Å²) in [6, 6.07) is 0. The molecule has 7 nitrogen and oxygen atoms in total. The molecule has 98 valence electrons. The van der Waals surface area contributed by atoms with Gasteiger partial charge < -0.3 is 9.22 Å². The molecule has 17 heavy (non-hydrogen) atoms. The average molecular weight is 245 g/mol. The van der Waals surface area contributed by atoms with Gasteiger partial charge in [-0.25, -0.2) is 0 Å². The van der Waals surface area contributed by atoms with Crippen molar-refractivity contribution in [1.82, 2.24) is 0 Å². The minimum atomic E-state index is -0.262. The Morgan fingerprint density at radius 3 is 2.41 bits per heavy atom. The van der Waals surface area contributed by atoms with Crippen LogP contribution in [0.3, 0.4) is 0 Å². The van der Waals surface area contributed by atoms with Crippen LogP contribution in [-0.2, 0) is 9.53 Å². The topological polar surface area (TPSA) is 105 Å². The molecule has 0 unspecified atom stereocenters. The van der Waals surface area contributed by atoms with E-state index in [4.69, 9.17) is 16.2 Å². The Bertz CT molecular complexity index is 319. The lowest BCUT2D eigenvalue weighted by Crippen LogP contribution is -2.73. The molecule has 0 heterocycles. The van der Waals surface area contributed by atoms with E-state index in [9.17, 15) is 4.79 Å². The van der Waals surface area contributed by atoms with Crippen LogP contribution in [0.25, 0.3) is 0 Å². The summed E-state index contributed by atoms with van der Waals surface area (Å²) < 4.78 is 5.56. The van der Waals surface area contributed by atoms with Crippen molar-refractivity contribution < 1.29 is 19.1 Å². The van der Waals surface area contributed by atoms with E-state index in [2.05, 4.69) is 10.2 Å². The van der Waals surface area contributed by atoms with E-state index < -0.39 is 0 Å². The van der Waals surface area contributed by atoms with E-state index in [1.807, 2.05) is 21.0 Å². The SMILES string of the molecule is CC(=O)OCC[N+](C)(C)C/C(C)=N\[NH+]=C(N)N. The summed E-state index contributed by atoms with van der Waals surface area (Å²) in [5, 5.41) is 6.52. The van der Waals surface area contributed by atoms with Gasteiger partial charge in [0, 0.05) is 6.92 Å². The quantitative estimate of drug-likeness (QED) is 0.156. The molecule has 0 aliphatic heterocycles. The standard InChI is InChI=1S/C10H22N5O2/c1-8(13-14-10(11)12)7-15(3,4)5-6-17-9(2)16/h5-7H2,1-4H3,(H4,11,12,14)/q+1/p+1/b13-8-. The van der Waals surface area contributed by atoms with Crippen molar-refractivity contribution in [1.29, 1.82) is 0 Å². The summed E-state index contributed by atoms with van der Waals surface area (Å²) in [4.78, 5) is 10.6. The molecule has 0 aliphatic rings. The van der Waals surface area contributed by atoms with Crippen molar-refractivity contribution in [3.63, 3.8) is 0 Å². The Morgan fingerprint density at radius 2 is 1.94 bits per heavy atom. The van der Waals surface area contributed by atoms with Gasteiger partial charge in [-0.3, -0.25) is 16.3 Å². The molecule has 0 bridgehead atoms. The van der Waals surface area contributed by atoms with Crippen molar-refractivity contribution in [3.05, 3.63) is 0 Å². The number of quaternary nitrogens is 1. The molecular weight excluding hydrogens is 222 g/mol. The Balaban J connectivity index is 4.19. The molecule has 0 saturated heterocycles. The molecule has 0 rings (SSSR count). The fourth-order valence-corrected chi connectivity index (χ4v) is 1.33. The number of nitrogens with two attached hydrogens (primary N) is 2. The molecule has 0 amide bonds. The summed E-state index contributed by atoms with van der Waals surface area (Å²) in [7, 11) is 4.05. The highest BCUT2D eigenvalue weighted by Crippen LogP contribution is 1.97. The number of guanidine groups is 1. The average Bonchev–Trinajstić information content (AvgIpc) is 2.12. The summed E-state index contributed by atoms with van der Waals surface area (Å²) in [6.07, 6.45) is 0. The number of rotatable bonds is 6. The highest BCUT2D eigenvalue weighted by molar-refractivity contribution is 5.82. The van der Waals surface area contributed by atoms with Gasteiger partial charge in [0.05, 0.1) is 14.1 Å².